The largest absolute Gasteiger partial charge is 0.339 e. The summed E-state index contributed by atoms with van der Waals surface area (Å²) in [6.45, 7) is 7.58. The van der Waals surface area contributed by atoms with Crippen molar-refractivity contribution in [2.24, 2.45) is 0 Å². The Morgan fingerprint density at radius 1 is 1.26 bits per heavy atom. The SMILES string of the molecule is CC(=O)N1CCN(C(=O)CSc2nc(C)cc(C)c2C#N)CC1. The lowest BCUT2D eigenvalue weighted by Gasteiger charge is -2.34. The van der Waals surface area contributed by atoms with Gasteiger partial charge in [-0.05, 0) is 25.5 Å². The average Bonchev–Trinajstić information content (AvgIpc) is 2.52. The predicted molar refractivity (Wildman–Crippen MR) is 88.0 cm³/mol. The molecule has 2 heterocycles. The zero-order valence-electron chi connectivity index (χ0n) is 13.6. The molecule has 0 N–H and O–H groups in total. The highest BCUT2D eigenvalue weighted by Gasteiger charge is 2.22. The number of thioether (sulfide) groups is 1. The molecular weight excluding hydrogens is 312 g/mol. The molecule has 7 heteroatoms. The first kappa shape index (κ1) is 17.3. The fourth-order valence-electron chi connectivity index (χ4n) is 2.54. The number of hydrogen-bond donors (Lipinski definition) is 0. The van der Waals surface area contributed by atoms with Crippen LogP contribution in [0.3, 0.4) is 0 Å². The summed E-state index contributed by atoms with van der Waals surface area (Å²) in [5.74, 6) is 0.317. The zero-order chi connectivity index (χ0) is 17.0. The second kappa shape index (κ2) is 7.47. The fraction of sp³-hybridized carbons (Fsp3) is 0.500. The molecule has 1 saturated heterocycles. The van der Waals surface area contributed by atoms with Crippen LogP contribution in [0.25, 0.3) is 0 Å². The van der Waals surface area contributed by atoms with Crippen LogP contribution in [0.1, 0.15) is 23.7 Å². The van der Waals surface area contributed by atoms with Crippen LogP contribution in [0.4, 0.5) is 0 Å². The van der Waals surface area contributed by atoms with E-state index in [0.717, 1.165) is 11.3 Å². The number of pyridine rings is 1. The molecular formula is C16H20N4O2S. The number of carbonyl (C=O) groups excluding carboxylic acids is 2. The van der Waals surface area contributed by atoms with Crippen LogP contribution < -0.4 is 0 Å². The summed E-state index contributed by atoms with van der Waals surface area (Å²) in [4.78, 5) is 31.5. The Labute approximate surface area is 140 Å². The van der Waals surface area contributed by atoms with Gasteiger partial charge in [0.05, 0.1) is 11.3 Å². The van der Waals surface area contributed by atoms with Gasteiger partial charge in [0.15, 0.2) is 0 Å². The molecule has 1 aromatic heterocycles. The van der Waals surface area contributed by atoms with Crippen LogP contribution in [0.2, 0.25) is 0 Å². The predicted octanol–water partition coefficient (Wildman–Crippen LogP) is 1.35. The number of piperazine rings is 1. The van der Waals surface area contributed by atoms with Crippen molar-refractivity contribution in [2.45, 2.75) is 25.8 Å². The summed E-state index contributed by atoms with van der Waals surface area (Å²) in [6.07, 6.45) is 0. The lowest BCUT2D eigenvalue weighted by atomic mass is 10.1. The first-order valence-corrected chi connectivity index (χ1v) is 8.45. The summed E-state index contributed by atoms with van der Waals surface area (Å²) in [5.41, 5.74) is 2.26. The van der Waals surface area contributed by atoms with E-state index in [1.807, 2.05) is 19.9 Å². The number of nitriles is 1. The molecule has 1 aliphatic rings. The lowest BCUT2D eigenvalue weighted by molar-refractivity contribution is -0.136. The third-order valence-corrected chi connectivity index (χ3v) is 4.79. The van der Waals surface area contributed by atoms with Gasteiger partial charge in [-0.15, -0.1) is 0 Å². The van der Waals surface area contributed by atoms with Crippen LogP contribution in [0, 0.1) is 25.2 Å². The van der Waals surface area contributed by atoms with Gasteiger partial charge in [0.25, 0.3) is 0 Å². The normalized spacial score (nSPS) is 14.5. The van der Waals surface area contributed by atoms with E-state index in [9.17, 15) is 14.9 Å². The van der Waals surface area contributed by atoms with Crippen molar-refractivity contribution in [1.82, 2.24) is 14.8 Å². The minimum absolute atomic E-state index is 0.0167. The Morgan fingerprint density at radius 2 is 1.87 bits per heavy atom. The monoisotopic (exact) mass is 332 g/mol. The molecule has 1 aliphatic heterocycles. The lowest BCUT2D eigenvalue weighted by Crippen LogP contribution is -2.50. The van der Waals surface area contributed by atoms with Gasteiger partial charge in [-0.3, -0.25) is 9.59 Å². The number of hydrogen-bond acceptors (Lipinski definition) is 5. The van der Waals surface area contributed by atoms with E-state index >= 15 is 0 Å². The van der Waals surface area contributed by atoms with Crippen LogP contribution in [0.15, 0.2) is 11.1 Å². The van der Waals surface area contributed by atoms with Crippen molar-refractivity contribution >= 4 is 23.6 Å². The van der Waals surface area contributed by atoms with E-state index in [-0.39, 0.29) is 17.6 Å². The number of aromatic nitrogens is 1. The van der Waals surface area contributed by atoms with Crippen LogP contribution in [-0.4, -0.2) is 58.5 Å². The molecule has 0 saturated carbocycles. The second-order valence-electron chi connectivity index (χ2n) is 5.55. The summed E-state index contributed by atoms with van der Waals surface area (Å²) < 4.78 is 0. The third-order valence-electron chi connectivity index (χ3n) is 3.83. The molecule has 122 valence electrons. The molecule has 0 radical (unpaired) electrons. The van der Waals surface area contributed by atoms with Crippen molar-refractivity contribution in [3.05, 3.63) is 22.9 Å². The van der Waals surface area contributed by atoms with Gasteiger partial charge < -0.3 is 9.80 Å². The van der Waals surface area contributed by atoms with E-state index in [1.165, 1.54) is 11.8 Å². The molecule has 2 rings (SSSR count). The van der Waals surface area contributed by atoms with Gasteiger partial charge in [0.2, 0.25) is 11.8 Å². The highest BCUT2D eigenvalue weighted by atomic mass is 32.2. The van der Waals surface area contributed by atoms with E-state index in [0.29, 0.717) is 36.8 Å². The van der Waals surface area contributed by atoms with E-state index in [1.54, 1.807) is 16.7 Å². The Balaban J connectivity index is 1.96. The van der Waals surface area contributed by atoms with Crippen LogP contribution in [0.5, 0.6) is 0 Å². The van der Waals surface area contributed by atoms with Crippen LogP contribution >= 0.6 is 11.8 Å². The van der Waals surface area contributed by atoms with Gasteiger partial charge in [-0.25, -0.2) is 4.98 Å². The molecule has 0 bridgehead atoms. The maximum Gasteiger partial charge on any atom is 0.233 e. The Bertz CT molecular complexity index is 661. The van der Waals surface area contributed by atoms with Gasteiger partial charge >= 0.3 is 0 Å². The second-order valence-corrected chi connectivity index (χ2v) is 6.51. The summed E-state index contributed by atoms with van der Waals surface area (Å²) >= 11 is 1.30. The number of nitrogens with zero attached hydrogens (tertiary/aromatic N) is 4. The smallest absolute Gasteiger partial charge is 0.233 e. The molecule has 0 atom stereocenters. The van der Waals surface area contributed by atoms with Gasteiger partial charge in [0.1, 0.15) is 11.1 Å². The first-order valence-electron chi connectivity index (χ1n) is 7.46. The Hall–Kier alpha value is -2.07. The molecule has 0 unspecified atom stereocenters. The summed E-state index contributed by atoms with van der Waals surface area (Å²) in [6, 6.07) is 4.03. The average molecular weight is 332 g/mol. The standard InChI is InChI=1S/C16H20N4O2S/c1-11-8-12(2)18-16(14(11)9-17)23-10-15(22)20-6-4-19(5-7-20)13(3)21/h8H,4-7,10H2,1-3H3. The molecule has 1 aromatic rings. The Kier molecular flexibility index (Phi) is 5.61. The van der Waals surface area contributed by atoms with Crippen molar-refractivity contribution < 1.29 is 9.59 Å². The first-order chi connectivity index (χ1) is 10.9. The van der Waals surface area contributed by atoms with Crippen molar-refractivity contribution in [3.8, 4) is 6.07 Å². The van der Waals surface area contributed by atoms with E-state index < -0.39 is 0 Å². The van der Waals surface area contributed by atoms with Crippen LogP contribution in [-0.2, 0) is 9.59 Å². The molecule has 6 nitrogen and oxygen atoms in total. The quantitative estimate of drug-likeness (QED) is 0.781. The molecule has 2 amide bonds. The molecule has 0 spiro atoms. The van der Waals surface area contributed by atoms with E-state index in [4.69, 9.17) is 0 Å². The number of aryl methyl sites for hydroxylation is 2. The minimum Gasteiger partial charge on any atom is -0.339 e. The molecule has 0 aromatic carbocycles. The minimum atomic E-state index is 0.0167. The van der Waals surface area contributed by atoms with Crippen molar-refractivity contribution in [2.75, 3.05) is 31.9 Å². The fourth-order valence-corrected chi connectivity index (χ4v) is 3.54. The maximum atomic E-state index is 12.3. The Morgan fingerprint density at radius 3 is 2.43 bits per heavy atom. The molecule has 0 aliphatic carbocycles. The number of rotatable bonds is 3. The van der Waals surface area contributed by atoms with Gasteiger partial charge in [-0.1, -0.05) is 11.8 Å². The van der Waals surface area contributed by atoms with Gasteiger partial charge in [0, 0.05) is 38.8 Å². The third kappa shape index (κ3) is 4.23. The highest BCUT2D eigenvalue weighted by Crippen LogP contribution is 2.24. The van der Waals surface area contributed by atoms with Crippen molar-refractivity contribution in [3.63, 3.8) is 0 Å². The van der Waals surface area contributed by atoms with E-state index in [2.05, 4.69) is 11.1 Å². The van der Waals surface area contributed by atoms with Gasteiger partial charge in [-0.2, -0.15) is 5.26 Å². The molecule has 23 heavy (non-hydrogen) atoms. The number of carbonyl (C=O) groups is 2. The maximum absolute atomic E-state index is 12.3. The highest BCUT2D eigenvalue weighted by molar-refractivity contribution is 8.00. The summed E-state index contributed by atoms with van der Waals surface area (Å²) in [5, 5.41) is 9.86. The topological polar surface area (TPSA) is 77.3 Å². The summed E-state index contributed by atoms with van der Waals surface area (Å²) in [7, 11) is 0. The van der Waals surface area contributed by atoms with Crippen molar-refractivity contribution in [1.29, 1.82) is 5.26 Å². The zero-order valence-corrected chi connectivity index (χ0v) is 14.4. The number of amides is 2. The molecule has 1 fully saturated rings.